The van der Waals surface area contributed by atoms with Crippen LogP contribution in [-0.2, 0) is 4.79 Å². The first-order chi connectivity index (χ1) is 10.6. The highest BCUT2D eigenvalue weighted by molar-refractivity contribution is 7.13. The third kappa shape index (κ3) is 3.07. The van der Waals surface area contributed by atoms with Crippen LogP contribution in [0.1, 0.15) is 18.7 Å². The van der Waals surface area contributed by atoms with Gasteiger partial charge in [-0.25, -0.2) is 4.98 Å². The Labute approximate surface area is 132 Å². The van der Waals surface area contributed by atoms with Crippen molar-refractivity contribution in [3.63, 3.8) is 0 Å². The van der Waals surface area contributed by atoms with Crippen molar-refractivity contribution in [3.8, 4) is 11.1 Å². The highest BCUT2D eigenvalue weighted by Gasteiger charge is 2.17. The molecule has 2 heterocycles. The van der Waals surface area contributed by atoms with E-state index in [4.69, 9.17) is 0 Å². The van der Waals surface area contributed by atoms with Crippen LogP contribution in [0, 0.1) is 6.92 Å². The molecule has 2 aromatic heterocycles. The van der Waals surface area contributed by atoms with Crippen molar-refractivity contribution in [1.82, 2.24) is 14.8 Å². The Morgan fingerprint density at radius 2 is 2.05 bits per heavy atom. The molecule has 6 heteroatoms. The summed E-state index contributed by atoms with van der Waals surface area (Å²) in [5, 5.41) is 9.64. The van der Waals surface area contributed by atoms with Crippen LogP contribution in [0.4, 0.5) is 5.13 Å². The SMILES string of the molecule is Cc1csc(NC(=O)[C@H](C)n2cc(-c3ccccc3)cn2)n1. The minimum absolute atomic E-state index is 0.128. The van der Waals surface area contributed by atoms with Crippen molar-refractivity contribution in [2.75, 3.05) is 5.32 Å². The molecule has 3 aromatic rings. The Morgan fingerprint density at radius 1 is 1.27 bits per heavy atom. The normalized spacial score (nSPS) is 12.1. The van der Waals surface area contributed by atoms with Gasteiger partial charge in [-0.2, -0.15) is 5.10 Å². The van der Waals surface area contributed by atoms with E-state index < -0.39 is 6.04 Å². The number of amides is 1. The van der Waals surface area contributed by atoms with E-state index >= 15 is 0 Å². The second kappa shape index (κ2) is 6.11. The molecule has 0 spiro atoms. The molecule has 1 aromatic carbocycles. The Kier molecular flexibility index (Phi) is 4.02. The van der Waals surface area contributed by atoms with Gasteiger partial charge in [-0.1, -0.05) is 30.3 Å². The minimum Gasteiger partial charge on any atom is -0.300 e. The van der Waals surface area contributed by atoms with Crippen molar-refractivity contribution in [2.24, 2.45) is 0 Å². The lowest BCUT2D eigenvalue weighted by Crippen LogP contribution is -2.23. The zero-order chi connectivity index (χ0) is 15.5. The largest absolute Gasteiger partial charge is 0.300 e. The molecule has 0 aliphatic carbocycles. The van der Waals surface area contributed by atoms with Gasteiger partial charge in [-0.3, -0.25) is 9.48 Å². The number of aryl methyl sites for hydroxylation is 1. The number of thiazole rings is 1. The monoisotopic (exact) mass is 312 g/mol. The minimum atomic E-state index is -0.401. The van der Waals surface area contributed by atoms with Crippen LogP contribution in [0.2, 0.25) is 0 Å². The molecule has 0 bridgehead atoms. The lowest BCUT2D eigenvalue weighted by atomic mass is 10.1. The van der Waals surface area contributed by atoms with E-state index in [1.165, 1.54) is 11.3 Å². The molecule has 112 valence electrons. The molecular formula is C16H16N4OS. The molecule has 1 N–H and O–H groups in total. The third-order valence-corrected chi connectivity index (χ3v) is 4.21. The number of hydrogen-bond acceptors (Lipinski definition) is 4. The van der Waals surface area contributed by atoms with Crippen LogP contribution < -0.4 is 5.32 Å². The van der Waals surface area contributed by atoms with E-state index in [9.17, 15) is 4.79 Å². The van der Waals surface area contributed by atoms with Crippen LogP contribution in [-0.4, -0.2) is 20.7 Å². The van der Waals surface area contributed by atoms with E-state index in [0.717, 1.165) is 16.8 Å². The average molecular weight is 312 g/mol. The van der Waals surface area contributed by atoms with E-state index in [1.54, 1.807) is 10.9 Å². The average Bonchev–Trinajstić information content (AvgIpc) is 3.17. The van der Waals surface area contributed by atoms with Crippen LogP contribution in [0.3, 0.4) is 0 Å². The van der Waals surface area contributed by atoms with E-state index in [-0.39, 0.29) is 5.91 Å². The zero-order valence-corrected chi connectivity index (χ0v) is 13.2. The summed E-state index contributed by atoms with van der Waals surface area (Å²) in [5.41, 5.74) is 2.97. The number of hydrogen-bond donors (Lipinski definition) is 1. The molecule has 0 aliphatic rings. The molecule has 5 nitrogen and oxygen atoms in total. The van der Waals surface area contributed by atoms with Gasteiger partial charge in [-0.05, 0) is 19.4 Å². The second-order valence-electron chi connectivity index (χ2n) is 5.03. The van der Waals surface area contributed by atoms with Gasteiger partial charge in [0.1, 0.15) is 6.04 Å². The maximum absolute atomic E-state index is 12.3. The molecule has 22 heavy (non-hydrogen) atoms. The van der Waals surface area contributed by atoms with Gasteiger partial charge in [0.05, 0.1) is 11.9 Å². The van der Waals surface area contributed by atoms with Crippen molar-refractivity contribution in [3.05, 3.63) is 53.8 Å². The van der Waals surface area contributed by atoms with Crippen molar-refractivity contribution < 1.29 is 4.79 Å². The van der Waals surface area contributed by atoms with Crippen molar-refractivity contribution in [1.29, 1.82) is 0 Å². The number of carbonyl (C=O) groups excluding carboxylic acids is 1. The molecule has 0 radical (unpaired) electrons. The summed E-state index contributed by atoms with van der Waals surface area (Å²) in [6.07, 6.45) is 3.65. The third-order valence-electron chi connectivity index (χ3n) is 3.33. The van der Waals surface area contributed by atoms with Crippen LogP contribution in [0.25, 0.3) is 11.1 Å². The topological polar surface area (TPSA) is 59.8 Å². The summed E-state index contributed by atoms with van der Waals surface area (Å²) in [7, 11) is 0. The predicted octanol–water partition coefficient (Wildman–Crippen LogP) is 3.51. The van der Waals surface area contributed by atoms with Crippen LogP contribution >= 0.6 is 11.3 Å². The molecule has 0 saturated carbocycles. The highest BCUT2D eigenvalue weighted by atomic mass is 32.1. The van der Waals surface area contributed by atoms with Crippen molar-refractivity contribution in [2.45, 2.75) is 19.9 Å². The van der Waals surface area contributed by atoms with Gasteiger partial charge in [-0.15, -0.1) is 11.3 Å². The van der Waals surface area contributed by atoms with E-state index in [0.29, 0.717) is 5.13 Å². The lowest BCUT2D eigenvalue weighted by molar-refractivity contribution is -0.119. The molecule has 0 saturated heterocycles. The van der Waals surface area contributed by atoms with Gasteiger partial charge >= 0.3 is 0 Å². The number of benzene rings is 1. The fraction of sp³-hybridized carbons (Fsp3) is 0.188. The quantitative estimate of drug-likeness (QED) is 0.802. The first-order valence-electron chi connectivity index (χ1n) is 6.96. The second-order valence-corrected chi connectivity index (χ2v) is 5.89. The van der Waals surface area contributed by atoms with Gasteiger partial charge in [0.2, 0.25) is 0 Å². The fourth-order valence-electron chi connectivity index (χ4n) is 2.07. The van der Waals surface area contributed by atoms with E-state index in [1.807, 2.05) is 55.8 Å². The standard InChI is InChI=1S/C16H16N4OS/c1-11-10-22-16(18-11)19-15(21)12(2)20-9-14(8-17-20)13-6-4-3-5-7-13/h3-10,12H,1-2H3,(H,18,19,21)/t12-/m0/s1. The number of nitrogens with one attached hydrogen (secondary N) is 1. The summed E-state index contributed by atoms with van der Waals surface area (Å²) in [6.45, 7) is 3.72. The Morgan fingerprint density at radius 3 is 2.73 bits per heavy atom. The van der Waals surface area contributed by atoms with Gasteiger partial charge in [0.25, 0.3) is 5.91 Å². The highest BCUT2D eigenvalue weighted by Crippen LogP contribution is 2.21. The summed E-state index contributed by atoms with van der Waals surface area (Å²) in [5.74, 6) is -0.128. The van der Waals surface area contributed by atoms with E-state index in [2.05, 4.69) is 15.4 Å². The predicted molar refractivity (Wildman–Crippen MR) is 87.9 cm³/mol. The summed E-state index contributed by atoms with van der Waals surface area (Å²) < 4.78 is 1.66. The molecule has 1 atom stereocenters. The van der Waals surface area contributed by atoms with Gasteiger partial charge < -0.3 is 5.32 Å². The smallest absolute Gasteiger partial charge is 0.250 e. The molecule has 1 amide bonds. The maximum Gasteiger partial charge on any atom is 0.250 e. The van der Waals surface area contributed by atoms with Crippen LogP contribution in [0.15, 0.2) is 48.1 Å². The summed E-state index contributed by atoms with van der Waals surface area (Å²) in [4.78, 5) is 16.5. The van der Waals surface area contributed by atoms with Crippen molar-refractivity contribution >= 4 is 22.4 Å². The Balaban J connectivity index is 1.73. The first-order valence-corrected chi connectivity index (χ1v) is 7.84. The maximum atomic E-state index is 12.3. The number of anilines is 1. The van der Waals surface area contributed by atoms with Gasteiger partial charge in [0.15, 0.2) is 5.13 Å². The number of nitrogens with zero attached hydrogens (tertiary/aromatic N) is 3. The molecule has 0 unspecified atom stereocenters. The molecule has 0 aliphatic heterocycles. The molecular weight excluding hydrogens is 296 g/mol. The van der Waals surface area contributed by atoms with Gasteiger partial charge in [0, 0.05) is 17.1 Å². The lowest BCUT2D eigenvalue weighted by Gasteiger charge is -2.10. The fourth-order valence-corrected chi connectivity index (χ4v) is 2.76. The molecule has 0 fully saturated rings. The summed E-state index contributed by atoms with van der Waals surface area (Å²) in [6, 6.07) is 9.57. The molecule has 3 rings (SSSR count). The Bertz CT molecular complexity index is 778. The number of rotatable bonds is 4. The summed E-state index contributed by atoms with van der Waals surface area (Å²) >= 11 is 1.42. The number of aromatic nitrogens is 3. The Hall–Kier alpha value is -2.47. The number of carbonyl (C=O) groups is 1. The first kappa shape index (κ1) is 14.5. The van der Waals surface area contributed by atoms with Crippen LogP contribution in [0.5, 0.6) is 0 Å². The zero-order valence-electron chi connectivity index (χ0n) is 12.4.